The predicted octanol–water partition coefficient (Wildman–Crippen LogP) is 4.34. The maximum Gasteiger partial charge on any atom is 0.408 e. The number of ether oxygens (including phenoxy) is 5. The Morgan fingerprint density at radius 3 is 2.10 bits per heavy atom. The van der Waals surface area contributed by atoms with Crippen LogP contribution in [0.5, 0.6) is 0 Å². The number of hydrogen-bond acceptors (Lipinski definition) is 14. The van der Waals surface area contributed by atoms with Crippen LogP contribution in [0.25, 0.3) is 0 Å². The van der Waals surface area contributed by atoms with E-state index in [1.54, 1.807) is 69.3 Å². The third-order valence-electron chi connectivity index (χ3n) is 11.3. The number of Topliss-reactive ketones (excluding diaryl/α,β-unsaturated/α-hetero) is 1. The fourth-order valence-electron chi connectivity index (χ4n) is 8.43. The van der Waals surface area contributed by atoms with Gasteiger partial charge in [0.2, 0.25) is 5.78 Å². The lowest BCUT2D eigenvalue weighted by molar-refractivity contribution is -0.295. The Kier molecular flexibility index (Phi) is 12.6. The van der Waals surface area contributed by atoms with Crippen molar-refractivity contribution in [3.8, 4) is 0 Å². The molecule has 8 atom stereocenters. The van der Waals surface area contributed by atoms with E-state index in [2.05, 4.69) is 5.32 Å². The lowest BCUT2D eigenvalue weighted by Crippen LogP contribution is -2.73. The van der Waals surface area contributed by atoms with Gasteiger partial charge in [0.1, 0.15) is 29.5 Å². The third-order valence-corrected chi connectivity index (χ3v) is 11.3. The molecule has 314 valence electrons. The van der Waals surface area contributed by atoms with Crippen molar-refractivity contribution in [3.63, 3.8) is 0 Å². The number of aliphatic hydroxyl groups is 4. The van der Waals surface area contributed by atoms with E-state index >= 15 is 0 Å². The van der Waals surface area contributed by atoms with Crippen molar-refractivity contribution in [2.75, 3.05) is 13.2 Å². The molecule has 0 spiro atoms. The summed E-state index contributed by atoms with van der Waals surface area (Å²) < 4.78 is 29.4. The molecular weight excluding hydrogens is 754 g/mol. The van der Waals surface area contributed by atoms with Gasteiger partial charge in [-0.3, -0.25) is 9.59 Å². The van der Waals surface area contributed by atoms with Gasteiger partial charge in [-0.25, -0.2) is 14.4 Å². The number of carbonyl (C=O) groups is 5. The van der Waals surface area contributed by atoms with Crippen molar-refractivity contribution in [2.24, 2.45) is 11.3 Å². The minimum Gasteiger partial charge on any atom is -0.504 e. The van der Waals surface area contributed by atoms with Crippen LogP contribution in [0.4, 0.5) is 4.79 Å². The Balaban J connectivity index is 1.66. The average molecular weight is 808 g/mol. The maximum absolute atomic E-state index is 14.5. The van der Waals surface area contributed by atoms with E-state index in [0.29, 0.717) is 5.56 Å². The second-order valence-corrected chi connectivity index (χ2v) is 16.6. The highest BCUT2D eigenvalue weighted by molar-refractivity contribution is 6.09. The van der Waals surface area contributed by atoms with Crippen LogP contribution < -0.4 is 5.32 Å². The molecule has 15 nitrogen and oxygen atoms in total. The van der Waals surface area contributed by atoms with Crippen LogP contribution in [0.1, 0.15) is 90.2 Å². The number of aliphatic hydroxyl groups excluding tert-OH is 3. The monoisotopic (exact) mass is 807 g/mol. The van der Waals surface area contributed by atoms with E-state index in [4.69, 9.17) is 23.7 Å². The minimum atomic E-state index is -2.36. The highest BCUT2D eigenvalue weighted by Crippen LogP contribution is 2.58. The molecule has 2 bridgehead atoms. The number of nitrogens with one attached hydrogen (secondary N) is 1. The molecule has 58 heavy (non-hydrogen) atoms. The van der Waals surface area contributed by atoms with E-state index < -0.39 is 107 Å². The molecule has 2 aromatic carbocycles. The second-order valence-electron chi connectivity index (χ2n) is 16.6. The number of benzene rings is 2. The molecule has 5 rings (SSSR count). The smallest absolute Gasteiger partial charge is 0.408 e. The number of allylic oxidation sites excluding steroid dienone is 1. The van der Waals surface area contributed by atoms with Crippen LogP contribution in [0.2, 0.25) is 0 Å². The highest BCUT2D eigenvalue weighted by Gasteiger charge is 2.69. The van der Waals surface area contributed by atoms with Crippen molar-refractivity contribution < 1.29 is 68.1 Å². The van der Waals surface area contributed by atoms with Gasteiger partial charge in [0.15, 0.2) is 17.5 Å². The van der Waals surface area contributed by atoms with Crippen molar-refractivity contribution in [2.45, 2.75) is 115 Å². The summed E-state index contributed by atoms with van der Waals surface area (Å²) in [4.78, 5) is 68.4. The van der Waals surface area contributed by atoms with E-state index in [9.17, 15) is 44.4 Å². The predicted molar refractivity (Wildman–Crippen MR) is 206 cm³/mol. The average Bonchev–Trinajstić information content (AvgIpc) is 3.15. The molecule has 1 heterocycles. The number of ketones is 1. The molecule has 1 aliphatic heterocycles. The Bertz CT molecular complexity index is 1970. The van der Waals surface area contributed by atoms with Gasteiger partial charge < -0.3 is 49.4 Å². The Morgan fingerprint density at radius 1 is 0.966 bits per heavy atom. The van der Waals surface area contributed by atoms with Gasteiger partial charge in [-0.1, -0.05) is 62.4 Å². The van der Waals surface area contributed by atoms with Crippen LogP contribution in [0, 0.1) is 11.3 Å². The first-order chi connectivity index (χ1) is 27.1. The van der Waals surface area contributed by atoms with Crippen molar-refractivity contribution in [1.82, 2.24) is 5.32 Å². The summed E-state index contributed by atoms with van der Waals surface area (Å²) in [5.41, 5.74) is -6.44. The van der Waals surface area contributed by atoms with E-state index in [-0.39, 0.29) is 35.3 Å². The first-order valence-electron chi connectivity index (χ1n) is 19.1. The van der Waals surface area contributed by atoms with Gasteiger partial charge in [-0.05, 0) is 63.5 Å². The molecule has 0 saturated carbocycles. The fraction of sp³-hybridized carbons (Fsp3) is 0.512. The highest BCUT2D eigenvalue weighted by atomic mass is 16.6. The molecule has 2 aliphatic carbocycles. The molecule has 1 fully saturated rings. The summed E-state index contributed by atoms with van der Waals surface area (Å²) in [6.07, 6.45) is -7.87. The largest absolute Gasteiger partial charge is 0.504 e. The Labute approximate surface area is 337 Å². The maximum atomic E-state index is 14.5. The van der Waals surface area contributed by atoms with Crippen LogP contribution >= 0.6 is 0 Å². The number of esters is 3. The number of rotatable bonds is 11. The quantitative estimate of drug-likeness (QED) is 0.157. The van der Waals surface area contributed by atoms with Gasteiger partial charge in [0.25, 0.3) is 0 Å². The molecular formula is C43H53NO14. The Morgan fingerprint density at radius 2 is 1.57 bits per heavy atom. The first-order valence-corrected chi connectivity index (χ1v) is 19.1. The van der Waals surface area contributed by atoms with Crippen molar-refractivity contribution in [3.05, 3.63) is 94.3 Å². The molecule has 2 aromatic rings. The molecule has 3 aliphatic rings. The molecule has 5 N–H and O–H groups in total. The Hall–Kier alpha value is -5.09. The summed E-state index contributed by atoms with van der Waals surface area (Å²) >= 11 is 0. The molecule has 0 unspecified atom stereocenters. The van der Waals surface area contributed by atoms with Gasteiger partial charge in [0.05, 0.1) is 24.1 Å². The standard InChI is InChI=1S/C43H53NO14/c1-23-28(55-38(51)35(49)32(26-15-11-9-12-16-26)44-39(52)58-40(4,5)6)21-43(53)36(56-37(50)27-17-13-10-14-18-27)31(24(2)33(47)34(48)30(23)41(43,7)8)42(57-25(3)46)22-54-29(42)19-20-45/h9-18,28-29,31-32,35-36,45,47,49,53H,19-22H2,1-8H3,(H,44,52)/b33-24+/t28-,29+,31+,32-,35+,36-,42-,43+/m0/s1. The van der Waals surface area contributed by atoms with Crippen molar-refractivity contribution >= 4 is 29.8 Å². The van der Waals surface area contributed by atoms with Gasteiger partial charge >= 0.3 is 24.0 Å². The van der Waals surface area contributed by atoms with Crippen LogP contribution in [0.3, 0.4) is 0 Å². The van der Waals surface area contributed by atoms with E-state index in [1.165, 1.54) is 39.8 Å². The fourth-order valence-corrected chi connectivity index (χ4v) is 8.43. The minimum absolute atomic E-state index is 0.0742. The lowest BCUT2D eigenvalue weighted by atomic mass is 9.53. The summed E-state index contributed by atoms with van der Waals surface area (Å²) in [6.45, 7) is 11.2. The van der Waals surface area contributed by atoms with Crippen LogP contribution in [-0.2, 0) is 38.1 Å². The van der Waals surface area contributed by atoms with Gasteiger partial charge in [-0.15, -0.1) is 0 Å². The second kappa shape index (κ2) is 16.6. The summed E-state index contributed by atoms with van der Waals surface area (Å²) in [7, 11) is 0. The van der Waals surface area contributed by atoms with E-state index in [0.717, 1.165) is 6.92 Å². The third kappa shape index (κ3) is 8.26. The molecule has 15 heteroatoms. The van der Waals surface area contributed by atoms with Crippen LogP contribution in [-0.4, -0.2) is 105 Å². The van der Waals surface area contributed by atoms with Gasteiger partial charge in [-0.2, -0.15) is 0 Å². The number of hydrogen-bond donors (Lipinski definition) is 5. The number of alkyl carbamates (subject to hydrolysis) is 1. The summed E-state index contributed by atoms with van der Waals surface area (Å²) in [5, 5.41) is 49.2. The van der Waals surface area contributed by atoms with Crippen LogP contribution in [0.15, 0.2) is 83.1 Å². The normalized spacial score (nSPS) is 29.1. The summed E-state index contributed by atoms with van der Waals surface area (Å²) in [5.74, 6) is -6.16. The first kappa shape index (κ1) is 44.0. The number of amides is 1. The SMILES string of the molecule is CC(=O)O[C@@]1([C@@H]2/C(C)=C(/O)C(=O)C3=C(C)[C@@H](OC(=O)[C@H](O)[C@@H](NC(=O)OC(C)(C)C)c4ccccc4)C[C@@](O)([C@H]2OC(=O)c2ccccc2)C3(C)C)CO[C@@H]1CCO. The topological polar surface area (TPSA) is 224 Å². The molecule has 1 saturated heterocycles. The molecule has 0 radical (unpaired) electrons. The molecule has 0 aromatic heterocycles. The van der Waals surface area contributed by atoms with Gasteiger partial charge in [0, 0.05) is 37.4 Å². The lowest BCUT2D eigenvalue weighted by Gasteiger charge is -2.60. The zero-order valence-corrected chi connectivity index (χ0v) is 33.9. The zero-order valence-electron chi connectivity index (χ0n) is 33.9. The molecule has 1 amide bonds. The number of fused-ring (bicyclic) bond motifs is 2. The summed E-state index contributed by atoms with van der Waals surface area (Å²) in [6, 6.07) is 14.6. The zero-order chi connectivity index (χ0) is 43.0. The van der Waals surface area contributed by atoms with E-state index in [1.807, 2.05) is 0 Å². The van der Waals surface area contributed by atoms with Crippen molar-refractivity contribution in [1.29, 1.82) is 0 Å². The number of carbonyl (C=O) groups excluding carboxylic acids is 5.